The minimum Gasteiger partial charge on any atom is -0.374 e. The van der Waals surface area contributed by atoms with Crippen LogP contribution in [0.5, 0.6) is 0 Å². The summed E-state index contributed by atoms with van der Waals surface area (Å²) in [5, 5.41) is 9.99. The number of nitrogens with one attached hydrogen (secondary N) is 1. The zero-order valence-electron chi connectivity index (χ0n) is 14.8. The normalized spacial score (nSPS) is 12.8. The Morgan fingerprint density at radius 2 is 1.88 bits per heavy atom. The molecule has 0 saturated carbocycles. The van der Waals surface area contributed by atoms with Crippen molar-refractivity contribution in [2.24, 2.45) is 0 Å². The third-order valence-corrected chi connectivity index (χ3v) is 4.64. The summed E-state index contributed by atoms with van der Waals surface area (Å²) in [6, 6.07) is 15.0. The highest BCUT2D eigenvalue weighted by Gasteiger charge is 2.15. The maximum absolute atomic E-state index is 5.34. The Labute approximate surface area is 146 Å². The molecule has 2 aromatic carbocycles. The summed E-state index contributed by atoms with van der Waals surface area (Å²) < 4.78 is 7.69. The van der Waals surface area contributed by atoms with Gasteiger partial charge in [-0.25, -0.2) is 0 Å². The summed E-state index contributed by atoms with van der Waals surface area (Å²) in [5.74, 6) is 1.36. The average Bonchev–Trinajstić information content (AvgIpc) is 3.24. The fraction of sp³-hybridized carbons (Fsp3) is 0.300. The summed E-state index contributed by atoms with van der Waals surface area (Å²) in [4.78, 5) is 4.41. The van der Waals surface area contributed by atoms with Crippen LogP contribution in [0.3, 0.4) is 0 Å². The molecule has 0 unspecified atom stereocenters. The molecule has 0 spiro atoms. The summed E-state index contributed by atoms with van der Waals surface area (Å²) in [6.07, 6.45) is 0.776. The second-order valence-corrected chi connectivity index (χ2v) is 6.26. The average molecular weight is 334 g/mol. The van der Waals surface area contributed by atoms with E-state index in [1.807, 2.05) is 13.8 Å². The van der Waals surface area contributed by atoms with Crippen LogP contribution in [0.2, 0.25) is 0 Å². The number of nitrogens with zero attached hydrogens (tertiary/aromatic N) is 3. The molecule has 5 nitrogen and oxygen atoms in total. The van der Waals surface area contributed by atoms with E-state index in [9.17, 15) is 0 Å². The van der Waals surface area contributed by atoms with Crippen molar-refractivity contribution in [3.05, 3.63) is 54.2 Å². The lowest BCUT2D eigenvalue weighted by Gasteiger charge is -2.11. The van der Waals surface area contributed by atoms with E-state index in [1.54, 1.807) is 0 Å². The lowest BCUT2D eigenvalue weighted by Crippen LogP contribution is -2.07. The van der Waals surface area contributed by atoms with Crippen molar-refractivity contribution in [1.82, 2.24) is 14.7 Å². The van der Waals surface area contributed by atoms with Gasteiger partial charge in [-0.1, -0.05) is 30.3 Å². The molecule has 2 heterocycles. The van der Waals surface area contributed by atoms with Crippen molar-refractivity contribution in [2.75, 3.05) is 5.32 Å². The molecule has 25 heavy (non-hydrogen) atoms. The Bertz CT molecular complexity index is 1030. The van der Waals surface area contributed by atoms with E-state index in [2.05, 4.69) is 69.4 Å². The molecule has 4 rings (SSSR count). The topological polar surface area (TPSA) is 55.9 Å². The molecule has 0 saturated heterocycles. The van der Waals surface area contributed by atoms with Crippen LogP contribution >= 0.6 is 0 Å². The highest BCUT2D eigenvalue weighted by atomic mass is 16.5. The molecule has 5 heteroatoms. The molecule has 0 aliphatic heterocycles. The molecule has 1 N–H and O–H groups in total. The zero-order valence-corrected chi connectivity index (χ0v) is 14.8. The van der Waals surface area contributed by atoms with E-state index in [-0.39, 0.29) is 6.04 Å². The van der Waals surface area contributed by atoms with Gasteiger partial charge in [0.1, 0.15) is 6.04 Å². The Morgan fingerprint density at radius 1 is 1.08 bits per heavy atom. The first kappa shape index (κ1) is 15.7. The Morgan fingerprint density at radius 3 is 2.64 bits per heavy atom. The molecule has 0 bridgehead atoms. The van der Waals surface area contributed by atoms with Crippen LogP contribution < -0.4 is 5.32 Å². The van der Waals surface area contributed by atoms with Crippen LogP contribution in [-0.4, -0.2) is 14.7 Å². The number of rotatable bonds is 5. The Kier molecular flexibility index (Phi) is 3.92. The summed E-state index contributed by atoms with van der Waals surface area (Å²) >= 11 is 0. The van der Waals surface area contributed by atoms with E-state index in [0.717, 1.165) is 24.5 Å². The van der Waals surface area contributed by atoms with E-state index >= 15 is 0 Å². The largest absolute Gasteiger partial charge is 0.374 e. The number of benzene rings is 2. The van der Waals surface area contributed by atoms with Crippen LogP contribution in [0, 0.1) is 0 Å². The number of aryl methyl sites for hydroxylation is 2. The first-order valence-electron chi connectivity index (χ1n) is 8.81. The molecular weight excluding hydrogens is 312 g/mol. The fourth-order valence-electron chi connectivity index (χ4n) is 3.38. The second kappa shape index (κ2) is 6.24. The number of hydrogen-bond donors (Lipinski definition) is 1. The van der Waals surface area contributed by atoms with E-state index in [4.69, 9.17) is 4.52 Å². The quantitative estimate of drug-likeness (QED) is 0.562. The molecular formula is C20H22N4O. The van der Waals surface area contributed by atoms with Gasteiger partial charge in [-0.3, -0.25) is 0 Å². The van der Waals surface area contributed by atoms with Crippen molar-refractivity contribution >= 4 is 27.5 Å². The number of aromatic nitrogens is 3. The van der Waals surface area contributed by atoms with Crippen LogP contribution in [0.25, 0.3) is 21.8 Å². The predicted molar refractivity (Wildman–Crippen MR) is 101 cm³/mol. The fourth-order valence-corrected chi connectivity index (χ4v) is 3.38. The highest BCUT2D eigenvalue weighted by molar-refractivity contribution is 6.09. The maximum Gasteiger partial charge on any atom is 0.248 e. The number of fused-ring (bicyclic) bond motifs is 3. The molecule has 0 aliphatic rings. The smallest absolute Gasteiger partial charge is 0.248 e. The summed E-state index contributed by atoms with van der Waals surface area (Å²) in [7, 11) is 0. The Hall–Kier alpha value is -2.82. The lowest BCUT2D eigenvalue weighted by molar-refractivity contribution is 0.363. The van der Waals surface area contributed by atoms with Gasteiger partial charge in [-0.15, -0.1) is 0 Å². The van der Waals surface area contributed by atoms with Gasteiger partial charge in [0.2, 0.25) is 5.89 Å². The zero-order chi connectivity index (χ0) is 17.4. The van der Waals surface area contributed by atoms with Gasteiger partial charge in [0.05, 0.1) is 0 Å². The molecule has 0 amide bonds. The SMILES string of the molecule is CCc1noc([C@@H](C)Nc2ccc3c(c2)c2ccccc2n3CC)n1. The van der Waals surface area contributed by atoms with Gasteiger partial charge in [0.25, 0.3) is 0 Å². The summed E-state index contributed by atoms with van der Waals surface area (Å²) in [6.45, 7) is 7.19. The first-order chi connectivity index (χ1) is 12.2. The van der Waals surface area contributed by atoms with Crippen molar-refractivity contribution in [2.45, 2.75) is 39.8 Å². The first-order valence-corrected chi connectivity index (χ1v) is 8.81. The molecule has 4 aromatic rings. The third kappa shape index (κ3) is 2.65. The number of para-hydroxylation sites is 1. The summed E-state index contributed by atoms with van der Waals surface area (Å²) in [5.41, 5.74) is 3.58. The molecule has 2 aromatic heterocycles. The molecule has 0 fully saturated rings. The van der Waals surface area contributed by atoms with Gasteiger partial charge < -0.3 is 14.4 Å². The Balaban J connectivity index is 1.72. The van der Waals surface area contributed by atoms with Gasteiger partial charge in [-0.05, 0) is 38.1 Å². The predicted octanol–water partition coefficient (Wildman–Crippen LogP) is 4.93. The van der Waals surface area contributed by atoms with Crippen molar-refractivity contribution in [3.63, 3.8) is 0 Å². The highest BCUT2D eigenvalue weighted by Crippen LogP contribution is 2.31. The molecule has 128 valence electrons. The maximum atomic E-state index is 5.34. The van der Waals surface area contributed by atoms with Gasteiger partial charge in [0.15, 0.2) is 5.82 Å². The van der Waals surface area contributed by atoms with Crippen molar-refractivity contribution in [1.29, 1.82) is 0 Å². The monoisotopic (exact) mass is 334 g/mol. The number of anilines is 1. The number of hydrogen-bond acceptors (Lipinski definition) is 4. The van der Waals surface area contributed by atoms with E-state index in [0.29, 0.717) is 5.89 Å². The van der Waals surface area contributed by atoms with E-state index < -0.39 is 0 Å². The second-order valence-electron chi connectivity index (χ2n) is 6.26. The third-order valence-electron chi connectivity index (χ3n) is 4.64. The minimum atomic E-state index is -0.0372. The van der Waals surface area contributed by atoms with Crippen LogP contribution in [0.1, 0.15) is 38.5 Å². The molecule has 0 radical (unpaired) electrons. The van der Waals surface area contributed by atoms with Crippen molar-refractivity contribution in [3.8, 4) is 0 Å². The minimum absolute atomic E-state index is 0.0372. The van der Waals surface area contributed by atoms with Crippen LogP contribution in [0.4, 0.5) is 5.69 Å². The van der Waals surface area contributed by atoms with E-state index in [1.165, 1.54) is 21.8 Å². The molecule has 0 aliphatic carbocycles. The standard InChI is InChI=1S/C20H22N4O/c1-4-19-22-20(25-23-19)13(3)21-14-10-11-18-16(12-14)15-8-6-7-9-17(15)24(18)5-2/h6-13,21H,4-5H2,1-3H3/t13-/m1/s1. The van der Waals surface area contributed by atoms with Gasteiger partial charge >= 0.3 is 0 Å². The van der Waals surface area contributed by atoms with Gasteiger partial charge in [0, 0.05) is 40.5 Å². The van der Waals surface area contributed by atoms with Gasteiger partial charge in [-0.2, -0.15) is 4.98 Å². The molecule has 1 atom stereocenters. The van der Waals surface area contributed by atoms with Crippen LogP contribution in [0.15, 0.2) is 47.0 Å². The van der Waals surface area contributed by atoms with Crippen LogP contribution in [-0.2, 0) is 13.0 Å². The van der Waals surface area contributed by atoms with Crippen molar-refractivity contribution < 1.29 is 4.52 Å². The lowest BCUT2D eigenvalue weighted by atomic mass is 10.1.